The summed E-state index contributed by atoms with van der Waals surface area (Å²) in [6.07, 6.45) is 0. The predicted molar refractivity (Wildman–Crippen MR) is 243 cm³/mol. The van der Waals surface area contributed by atoms with Crippen LogP contribution in [0.4, 0.5) is 17.1 Å². The highest BCUT2D eigenvalue weighted by Crippen LogP contribution is 2.51. The molecule has 9 aromatic carbocycles. The number of anilines is 3. The van der Waals surface area contributed by atoms with Gasteiger partial charge in [0.15, 0.2) is 0 Å². The van der Waals surface area contributed by atoms with Gasteiger partial charge in [0.1, 0.15) is 0 Å². The Morgan fingerprint density at radius 1 is 0.333 bits per heavy atom. The van der Waals surface area contributed by atoms with Gasteiger partial charge in [-0.1, -0.05) is 184 Å². The highest BCUT2D eigenvalue weighted by molar-refractivity contribution is 5.97. The lowest BCUT2D eigenvalue weighted by molar-refractivity contribution is 0.660. The van der Waals surface area contributed by atoms with Crippen molar-refractivity contribution in [2.24, 2.45) is 0 Å². The lowest BCUT2D eigenvalue weighted by Gasteiger charge is -2.29. The van der Waals surface area contributed by atoms with Crippen molar-refractivity contribution in [1.29, 1.82) is 0 Å². The first-order valence-electron chi connectivity index (χ1n) is 19.9. The normalized spacial score (nSPS) is 12.6. The van der Waals surface area contributed by atoms with Crippen LogP contribution in [0.3, 0.4) is 0 Å². The van der Waals surface area contributed by atoms with Crippen LogP contribution in [0.15, 0.2) is 206 Å². The van der Waals surface area contributed by atoms with Crippen LogP contribution < -0.4 is 4.90 Å². The van der Waals surface area contributed by atoms with Gasteiger partial charge in [-0.15, -0.1) is 0 Å². The quantitative estimate of drug-likeness (QED) is 0.158. The first-order chi connectivity index (χ1) is 27.9. The molecule has 0 saturated carbocycles. The molecule has 0 aromatic heterocycles. The standard InChI is InChI=1S/C56H43N/c1-38-35-44(29-32-47(38)39-15-6-4-7-16-39)57(46-31-34-52-51-22-12-13-24-54(51)56(2,3)55(52)37-46)45-30-33-50(53(36-45)41-17-8-5-9-18-41)43-27-25-42(26-28-43)49-23-14-20-40-19-10-11-21-48(40)49/h4-37H,1-3H3. The largest absolute Gasteiger partial charge is 0.310 e. The van der Waals surface area contributed by atoms with Crippen molar-refractivity contribution in [3.8, 4) is 55.6 Å². The summed E-state index contributed by atoms with van der Waals surface area (Å²) in [5.41, 5.74) is 19.6. The van der Waals surface area contributed by atoms with Crippen LogP contribution in [0.25, 0.3) is 66.4 Å². The van der Waals surface area contributed by atoms with E-state index in [-0.39, 0.29) is 5.41 Å². The van der Waals surface area contributed by atoms with Crippen molar-refractivity contribution in [2.75, 3.05) is 4.90 Å². The van der Waals surface area contributed by atoms with Gasteiger partial charge in [0.05, 0.1) is 0 Å². The zero-order valence-electron chi connectivity index (χ0n) is 32.6. The number of fused-ring (bicyclic) bond motifs is 4. The van der Waals surface area contributed by atoms with E-state index in [0.717, 1.165) is 17.1 Å². The van der Waals surface area contributed by atoms with E-state index < -0.39 is 0 Å². The molecule has 9 aromatic rings. The van der Waals surface area contributed by atoms with Gasteiger partial charge in [0.2, 0.25) is 0 Å². The Balaban J connectivity index is 1.13. The molecule has 0 unspecified atom stereocenters. The number of rotatable bonds is 7. The van der Waals surface area contributed by atoms with E-state index in [2.05, 4.69) is 232 Å². The van der Waals surface area contributed by atoms with E-state index in [9.17, 15) is 0 Å². The molecule has 0 N–H and O–H groups in total. The summed E-state index contributed by atoms with van der Waals surface area (Å²) < 4.78 is 0. The second-order valence-corrected chi connectivity index (χ2v) is 15.8. The van der Waals surface area contributed by atoms with Crippen molar-refractivity contribution >= 4 is 27.8 Å². The average Bonchev–Trinajstić information content (AvgIpc) is 3.49. The summed E-state index contributed by atoms with van der Waals surface area (Å²) in [6.45, 7) is 6.95. The Morgan fingerprint density at radius 3 is 1.54 bits per heavy atom. The van der Waals surface area contributed by atoms with E-state index >= 15 is 0 Å². The third kappa shape index (κ3) is 6.04. The lowest BCUT2D eigenvalue weighted by atomic mass is 9.82. The van der Waals surface area contributed by atoms with E-state index in [1.165, 1.54) is 83.1 Å². The fourth-order valence-electron chi connectivity index (χ4n) is 9.09. The second-order valence-electron chi connectivity index (χ2n) is 15.8. The van der Waals surface area contributed by atoms with E-state index in [1.807, 2.05) is 0 Å². The molecule has 0 bridgehead atoms. The minimum atomic E-state index is -0.113. The summed E-state index contributed by atoms with van der Waals surface area (Å²) in [4.78, 5) is 2.45. The Morgan fingerprint density at radius 2 is 0.825 bits per heavy atom. The van der Waals surface area contributed by atoms with Gasteiger partial charge >= 0.3 is 0 Å². The molecule has 272 valence electrons. The Bertz CT molecular complexity index is 2910. The van der Waals surface area contributed by atoms with Crippen LogP contribution in [0.1, 0.15) is 30.5 Å². The van der Waals surface area contributed by atoms with Crippen LogP contribution in [-0.4, -0.2) is 0 Å². The maximum Gasteiger partial charge on any atom is 0.0468 e. The second kappa shape index (κ2) is 14.0. The topological polar surface area (TPSA) is 3.24 Å². The Labute approximate surface area is 336 Å². The van der Waals surface area contributed by atoms with Crippen molar-refractivity contribution in [1.82, 2.24) is 0 Å². The van der Waals surface area contributed by atoms with Crippen LogP contribution in [0.2, 0.25) is 0 Å². The molecule has 1 nitrogen and oxygen atoms in total. The number of aryl methyl sites for hydroxylation is 1. The summed E-state index contributed by atoms with van der Waals surface area (Å²) in [5, 5.41) is 2.53. The molecular weight excluding hydrogens is 687 g/mol. The van der Waals surface area contributed by atoms with Gasteiger partial charge in [-0.25, -0.2) is 0 Å². The van der Waals surface area contributed by atoms with Crippen LogP contribution >= 0.6 is 0 Å². The zero-order valence-corrected chi connectivity index (χ0v) is 32.6. The average molecular weight is 730 g/mol. The maximum atomic E-state index is 2.45. The SMILES string of the molecule is Cc1cc(N(c2ccc(-c3ccc(-c4cccc5ccccc45)cc3)c(-c3ccccc3)c2)c2ccc3c(c2)C(C)(C)c2ccccc2-3)ccc1-c1ccccc1. The first kappa shape index (κ1) is 34.5. The monoisotopic (exact) mass is 729 g/mol. The fraction of sp³-hybridized carbons (Fsp3) is 0.0714. The van der Waals surface area contributed by atoms with Gasteiger partial charge in [-0.05, 0) is 126 Å². The minimum absolute atomic E-state index is 0.113. The molecule has 0 heterocycles. The molecule has 1 aliphatic carbocycles. The smallest absolute Gasteiger partial charge is 0.0468 e. The summed E-state index contributed by atoms with van der Waals surface area (Å²) in [5.74, 6) is 0. The Hall–Kier alpha value is -6.96. The number of hydrogen-bond acceptors (Lipinski definition) is 1. The molecule has 0 spiro atoms. The van der Waals surface area contributed by atoms with Crippen molar-refractivity contribution < 1.29 is 0 Å². The van der Waals surface area contributed by atoms with Gasteiger partial charge in [0.25, 0.3) is 0 Å². The molecule has 0 saturated heterocycles. The zero-order chi connectivity index (χ0) is 38.5. The highest BCUT2D eigenvalue weighted by Gasteiger charge is 2.35. The van der Waals surface area contributed by atoms with E-state index in [1.54, 1.807) is 0 Å². The third-order valence-corrected chi connectivity index (χ3v) is 12.0. The summed E-state index contributed by atoms with van der Waals surface area (Å²) >= 11 is 0. The molecule has 0 amide bonds. The molecular formula is C56H43N. The molecule has 0 radical (unpaired) electrons. The van der Waals surface area contributed by atoms with Gasteiger partial charge in [-0.3, -0.25) is 0 Å². The summed E-state index contributed by atoms with van der Waals surface area (Å²) in [6, 6.07) is 75.7. The summed E-state index contributed by atoms with van der Waals surface area (Å²) in [7, 11) is 0. The number of benzene rings is 9. The van der Waals surface area contributed by atoms with Gasteiger partial charge in [0, 0.05) is 22.5 Å². The molecule has 0 fully saturated rings. The number of nitrogens with zero attached hydrogens (tertiary/aromatic N) is 1. The molecule has 10 rings (SSSR count). The predicted octanol–water partition coefficient (Wildman–Crippen LogP) is 15.6. The van der Waals surface area contributed by atoms with Gasteiger partial charge in [-0.2, -0.15) is 0 Å². The highest BCUT2D eigenvalue weighted by atomic mass is 15.1. The molecule has 0 atom stereocenters. The van der Waals surface area contributed by atoms with E-state index in [0.29, 0.717) is 0 Å². The number of hydrogen-bond donors (Lipinski definition) is 0. The molecule has 0 aliphatic heterocycles. The third-order valence-electron chi connectivity index (χ3n) is 12.0. The van der Waals surface area contributed by atoms with Crippen LogP contribution in [0.5, 0.6) is 0 Å². The fourth-order valence-corrected chi connectivity index (χ4v) is 9.09. The molecule has 57 heavy (non-hydrogen) atoms. The van der Waals surface area contributed by atoms with E-state index in [4.69, 9.17) is 0 Å². The lowest BCUT2D eigenvalue weighted by Crippen LogP contribution is -2.16. The van der Waals surface area contributed by atoms with Crippen LogP contribution in [0, 0.1) is 6.92 Å². The van der Waals surface area contributed by atoms with Crippen LogP contribution in [-0.2, 0) is 5.41 Å². The maximum absolute atomic E-state index is 2.45. The molecule has 1 heteroatoms. The molecule has 1 aliphatic rings. The minimum Gasteiger partial charge on any atom is -0.310 e. The van der Waals surface area contributed by atoms with Gasteiger partial charge < -0.3 is 4.90 Å². The Kier molecular flexibility index (Phi) is 8.46. The van der Waals surface area contributed by atoms with Crippen molar-refractivity contribution in [3.05, 3.63) is 223 Å². The van der Waals surface area contributed by atoms with Crippen molar-refractivity contribution in [2.45, 2.75) is 26.2 Å². The van der Waals surface area contributed by atoms with Crippen molar-refractivity contribution in [3.63, 3.8) is 0 Å². The first-order valence-corrected chi connectivity index (χ1v) is 19.9.